The SMILES string of the molecule is Cc1[cH-]c2cccc(-c3ccccc3)c2c1CCCCc1c(C)[cH-]c2cccc(-c3ccccc3)c12.[CH3-].[CH3-].[Zr+4]. The molecule has 0 aliphatic heterocycles. The van der Waals surface area contributed by atoms with E-state index in [1.807, 2.05) is 0 Å². The molecule has 6 aromatic carbocycles. The summed E-state index contributed by atoms with van der Waals surface area (Å²) in [4.78, 5) is 0. The van der Waals surface area contributed by atoms with Gasteiger partial charge in [0.15, 0.2) is 0 Å². The van der Waals surface area contributed by atoms with Gasteiger partial charge in [-0.1, -0.05) is 123 Å². The summed E-state index contributed by atoms with van der Waals surface area (Å²) in [6.07, 6.45) is 4.65. The maximum absolute atomic E-state index is 2.37. The second-order valence-corrected chi connectivity index (χ2v) is 10.1. The van der Waals surface area contributed by atoms with Crippen molar-refractivity contribution in [1.82, 2.24) is 0 Å². The molecule has 0 unspecified atom stereocenters. The van der Waals surface area contributed by atoms with Crippen LogP contribution in [-0.4, -0.2) is 0 Å². The zero-order chi connectivity index (χ0) is 24.5. The van der Waals surface area contributed by atoms with Gasteiger partial charge in [0.1, 0.15) is 0 Å². The van der Waals surface area contributed by atoms with E-state index < -0.39 is 0 Å². The fourth-order valence-electron chi connectivity index (χ4n) is 6.05. The Morgan fingerprint density at radius 2 is 0.872 bits per heavy atom. The van der Waals surface area contributed by atoms with Gasteiger partial charge >= 0.3 is 26.2 Å². The number of rotatable bonds is 7. The van der Waals surface area contributed by atoms with Gasteiger partial charge in [-0.05, 0) is 11.1 Å². The molecule has 0 radical (unpaired) electrons. The molecule has 6 aromatic rings. The van der Waals surface area contributed by atoms with Crippen molar-refractivity contribution >= 4 is 21.5 Å². The molecule has 39 heavy (non-hydrogen) atoms. The van der Waals surface area contributed by atoms with E-state index in [0.717, 1.165) is 12.8 Å². The third-order valence-electron chi connectivity index (χ3n) is 7.77. The predicted octanol–water partition coefficient (Wildman–Crippen LogP) is 10.8. The van der Waals surface area contributed by atoms with Crippen molar-refractivity contribution in [3.8, 4) is 22.3 Å². The first-order valence-electron chi connectivity index (χ1n) is 13.2. The van der Waals surface area contributed by atoms with Gasteiger partial charge < -0.3 is 14.9 Å². The molecule has 0 saturated carbocycles. The van der Waals surface area contributed by atoms with Crippen molar-refractivity contribution in [3.63, 3.8) is 0 Å². The minimum absolute atomic E-state index is 0. The van der Waals surface area contributed by atoms with Crippen molar-refractivity contribution in [1.29, 1.82) is 0 Å². The number of fused-ring (bicyclic) bond motifs is 2. The maximum Gasteiger partial charge on any atom is 4.00 e. The molecule has 0 saturated heterocycles. The zero-order valence-electron chi connectivity index (χ0n) is 23.7. The Balaban J connectivity index is 0.00000140. The minimum Gasteiger partial charge on any atom is -0.358 e. The van der Waals surface area contributed by atoms with Gasteiger partial charge in [0.25, 0.3) is 0 Å². The van der Waals surface area contributed by atoms with Crippen LogP contribution in [0.25, 0.3) is 43.8 Å². The summed E-state index contributed by atoms with van der Waals surface area (Å²) in [7, 11) is 0. The fraction of sp³-hybridized carbons (Fsp3) is 0.158. The van der Waals surface area contributed by atoms with Gasteiger partial charge in [0, 0.05) is 0 Å². The first kappa shape index (κ1) is 30.5. The molecule has 0 fully saturated rings. The average molecular weight is 586 g/mol. The molecule has 194 valence electrons. The average Bonchev–Trinajstić information content (AvgIpc) is 3.42. The summed E-state index contributed by atoms with van der Waals surface area (Å²) in [6, 6.07) is 39.9. The molecule has 0 heterocycles. The molecule has 0 aliphatic carbocycles. The van der Waals surface area contributed by atoms with E-state index in [2.05, 4.69) is 123 Å². The van der Waals surface area contributed by atoms with Crippen LogP contribution in [0.4, 0.5) is 0 Å². The van der Waals surface area contributed by atoms with Crippen LogP contribution in [0.15, 0.2) is 109 Å². The van der Waals surface area contributed by atoms with Gasteiger partial charge in [-0.25, -0.2) is 0 Å². The number of hydrogen-bond donors (Lipinski definition) is 0. The van der Waals surface area contributed by atoms with Crippen LogP contribution >= 0.6 is 0 Å². The van der Waals surface area contributed by atoms with E-state index in [9.17, 15) is 0 Å². The second kappa shape index (κ2) is 13.4. The Morgan fingerprint density at radius 3 is 1.26 bits per heavy atom. The molecule has 0 N–H and O–H groups in total. The van der Waals surface area contributed by atoms with Crippen LogP contribution in [0.2, 0.25) is 0 Å². The Hall–Kier alpha value is -3.02. The summed E-state index contributed by atoms with van der Waals surface area (Å²) in [6.45, 7) is 4.57. The van der Waals surface area contributed by atoms with Gasteiger partial charge in [-0.15, -0.1) is 80.2 Å². The number of aryl methyl sites for hydroxylation is 4. The smallest absolute Gasteiger partial charge is 0.358 e. The first-order chi connectivity index (χ1) is 17.7. The third-order valence-corrected chi connectivity index (χ3v) is 7.77. The van der Waals surface area contributed by atoms with Gasteiger partial charge in [0.05, 0.1) is 0 Å². The number of unbranched alkanes of at least 4 members (excludes halogenated alkanes) is 1. The van der Waals surface area contributed by atoms with Crippen molar-refractivity contribution in [2.45, 2.75) is 39.5 Å². The molecule has 0 spiro atoms. The van der Waals surface area contributed by atoms with E-state index in [1.165, 1.54) is 78.9 Å². The van der Waals surface area contributed by atoms with E-state index in [-0.39, 0.29) is 41.1 Å². The number of benzene rings is 4. The normalized spacial score (nSPS) is 10.6. The predicted molar refractivity (Wildman–Crippen MR) is 169 cm³/mol. The van der Waals surface area contributed by atoms with Crippen molar-refractivity contribution in [2.75, 3.05) is 0 Å². The molecule has 0 aliphatic rings. The van der Waals surface area contributed by atoms with Gasteiger partial charge in [-0.3, -0.25) is 0 Å². The Kier molecular flexibility index (Phi) is 10.5. The van der Waals surface area contributed by atoms with E-state index in [1.54, 1.807) is 0 Å². The van der Waals surface area contributed by atoms with Crippen LogP contribution in [0, 0.1) is 28.7 Å². The van der Waals surface area contributed by atoms with Crippen LogP contribution in [-0.2, 0) is 39.0 Å². The molecule has 0 amide bonds. The Morgan fingerprint density at radius 1 is 0.487 bits per heavy atom. The van der Waals surface area contributed by atoms with Gasteiger partial charge in [0.2, 0.25) is 0 Å². The summed E-state index contributed by atoms with van der Waals surface area (Å²) >= 11 is 0. The van der Waals surface area contributed by atoms with Crippen LogP contribution in [0.3, 0.4) is 0 Å². The molecule has 1 heteroatoms. The molecule has 0 bridgehead atoms. The molecule has 0 nitrogen and oxygen atoms in total. The molecule has 0 atom stereocenters. The van der Waals surface area contributed by atoms with Crippen molar-refractivity contribution in [2.24, 2.45) is 0 Å². The molecular weight excluding hydrogens is 548 g/mol. The largest absolute Gasteiger partial charge is 4.00 e. The van der Waals surface area contributed by atoms with Crippen LogP contribution in [0.1, 0.15) is 35.1 Å². The quantitative estimate of drug-likeness (QED) is 0.129. The van der Waals surface area contributed by atoms with Crippen molar-refractivity contribution < 1.29 is 26.2 Å². The summed E-state index contributed by atoms with van der Waals surface area (Å²) in [5, 5.41) is 5.63. The topological polar surface area (TPSA) is 0 Å². The minimum atomic E-state index is 0. The maximum atomic E-state index is 2.37. The van der Waals surface area contributed by atoms with Crippen molar-refractivity contribution in [3.05, 3.63) is 146 Å². The summed E-state index contributed by atoms with van der Waals surface area (Å²) in [5.41, 5.74) is 11.2. The fourth-order valence-corrected chi connectivity index (χ4v) is 6.05. The molecular formula is C38H38Zr. The number of hydrogen-bond acceptors (Lipinski definition) is 0. The third kappa shape index (κ3) is 5.95. The second-order valence-electron chi connectivity index (χ2n) is 10.1. The molecule has 0 aromatic heterocycles. The summed E-state index contributed by atoms with van der Waals surface area (Å²) in [5.74, 6) is 0. The van der Waals surface area contributed by atoms with E-state index >= 15 is 0 Å². The summed E-state index contributed by atoms with van der Waals surface area (Å²) < 4.78 is 0. The van der Waals surface area contributed by atoms with E-state index in [0.29, 0.717) is 0 Å². The van der Waals surface area contributed by atoms with E-state index in [4.69, 9.17) is 0 Å². The standard InChI is InChI=1S/C36H32.2CH3.Zr/c1-25-23-29-17-11-21-33(27-13-5-3-6-14-27)35(29)31(25)19-9-10-20-32-26(2)24-30-18-12-22-34(36(30)32)28-15-7-4-8-16-28;;;/h3-8,11-18,21-24H,9-10,19-20H2,1-2H3;2*1H3;/q-2;2*-1;+4. The Labute approximate surface area is 254 Å². The Bertz CT molecular complexity index is 1510. The van der Waals surface area contributed by atoms with Crippen LogP contribution in [0.5, 0.6) is 0 Å². The zero-order valence-corrected chi connectivity index (χ0v) is 26.2. The van der Waals surface area contributed by atoms with Crippen LogP contribution < -0.4 is 0 Å². The van der Waals surface area contributed by atoms with Gasteiger partial charge in [-0.2, -0.15) is 0 Å². The monoisotopic (exact) mass is 584 g/mol. The molecule has 6 rings (SSSR count). The first-order valence-corrected chi connectivity index (χ1v) is 13.2.